The fourth-order valence-electron chi connectivity index (χ4n) is 2.58. The van der Waals surface area contributed by atoms with Crippen molar-refractivity contribution >= 4 is 35.0 Å². The van der Waals surface area contributed by atoms with Crippen LogP contribution in [0.5, 0.6) is 0 Å². The van der Waals surface area contributed by atoms with Crippen molar-refractivity contribution in [3.05, 3.63) is 71.7 Å². The molecule has 3 aromatic rings. The number of halogens is 1. The van der Waals surface area contributed by atoms with Gasteiger partial charge in [-0.3, -0.25) is 9.59 Å². The Morgan fingerprint density at radius 3 is 2.59 bits per heavy atom. The van der Waals surface area contributed by atoms with Crippen LogP contribution in [0, 0.1) is 5.82 Å². The van der Waals surface area contributed by atoms with Crippen molar-refractivity contribution in [1.82, 2.24) is 9.97 Å². The van der Waals surface area contributed by atoms with E-state index < -0.39 is 5.91 Å². The van der Waals surface area contributed by atoms with E-state index >= 15 is 0 Å². The molecule has 2 amide bonds. The molecular weight excluding hydrogens is 375 g/mol. The third-order valence-electron chi connectivity index (χ3n) is 3.90. The molecule has 0 saturated heterocycles. The first-order valence-electron chi connectivity index (χ1n) is 8.71. The van der Waals surface area contributed by atoms with Gasteiger partial charge in [-0.25, -0.2) is 9.37 Å². The largest absolute Gasteiger partial charge is 0.365 e. The molecular formula is C20H19FN6O2. The maximum atomic E-state index is 13.8. The molecule has 0 aliphatic heterocycles. The number of nitrogens with one attached hydrogen (secondary N) is 3. The molecule has 0 saturated carbocycles. The summed E-state index contributed by atoms with van der Waals surface area (Å²) in [6.07, 6.45) is 1.29. The first-order chi connectivity index (χ1) is 13.9. The van der Waals surface area contributed by atoms with Crippen LogP contribution in [0.1, 0.15) is 22.8 Å². The third-order valence-corrected chi connectivity index (χ3v) is 3.90. The molecule has 0 spiro atoms. The number of nitrogens with two attached hydrogens (primary N) is 1. The van der Waals surface area contributed by atoms with E-state index in [2.05, 4.69) is 25.9 Å². The second-order valence-corrected chi connectivity index (χ2v) is 6.15. The molecule has 0 unspecified atom stereocenters. The number of hydrogen-bond acceptors (Lipinski definition) is 6. The van der Waals surface area contributed by atoms with Crippen LogP contribution >= 0.6 is 0 Å². The number of aromatic nitrogens is 2. The summed E-state index contributed by atoms with van der Waals surface area (Å²) in [7, 11) is 0. The van der Waals surface area contributed by atoms with Crippen LogP contribution in [-0.2, 0) is 11.3 Å². The predicted octanol–water partition coefficient (Wildman–Crippen LogP) is 3.03. The zero-order chi connectivity index (χ0) is 20.8. The van der Waals surface area contributed by atoms with E-state index in [9.17, 15) is 14.0 Å². The van der Waals surface area contributed by atoms with Crippen molar-refractivity contribution in [1.29, 1.82) is 0 Å². The molecule has 148 valence electrons. The summed E-state index contributed by atoms with van der Waals surface area (Å²) in [4.78, 5) is 31.3. The summed E-state index contributed by atoms with van der Waals surface area (Å²) in [5, 5.41) is 8.60. The second-order valence-electron chi connectivity index (χ2n) is 6.15. The summed E-state index contributed by atoms with van der Waals surface area (Å²) in [6.45, 7) is 1.53. The van der Waals surface area contributed by atoms with Gasteiger partial charge in [0.2, 0.25) is 11.9 Å². The normalized spacial score (nSPS) is 10.3. The van der Waals surface area contributed by atoms with Gasteiger partial charge < -0.3 is 21.7 Å². The Kier molecular flexibility index (Phi) is 5.98. The molecule has 0 radical (unpaired) electrons. The van der Waals surface area contributed by atoms with Crippen LogP contribution in [0.2, 0.25) is 0 Å². The van der Waals surface area contributed by atoms with Gasteiger partial charge >= 0.3 is 0 Å². The van der Waals surface area contributed by atoms with Gasteiger partial charge in [0.1, 0.15) is 11.6 Å². The average molecular weight is 394 g/mol. The highest BCUT2D eigenvalue weighted by Gasteiger charge is 2.13. The standard InChI is InChI=1S/C20H19FN6O2/c1-12(28)25-14-6-4-7-15(9-14)26-20-24-11-16(18(22)29)19(27-20)23-10-13-5-2-3-8-17(13)21/h2-9,11H,10H2,1H3,(H2,22,29)(H,25,28)(H2,23,24,26,27). The molecule has 8 nitrogen and oxygen atoms in total. The van der Waals surface area contributed by atoms with Crippen LogP contribution < -0.4 is 21.7 Å². The van der Waals surface area contributed by atoms with Crippen LogP contribution in [0.4, 0.5) is 27.5 Å². The van der Waals surface area contributed by atoms with Crippen LogP contribution in [0.3, 0.4) is 0 Å². The van der Waals surface area contributed by atoms with E-state index in [0.717, 1.165) is 0 Å². The van der Waals surface area contributed by atoms with E-state index in [1.54, 1.807) is 42.5 Å². The van der Waals surface area contributed by atoms with E-state index in [1.165, 1.54) is 19.2 Å². The Labute approximate surface area is 166 Å². The minimum atomic E-state index is -0.708. The minimum Gasteiger partial charge on any atom is -0.365 e. The number of carbonyl (C=O) groups excluding carboxylic acids is 2. The first-order valence-corrected chi connectivity index (χ1v) is 8.71. The van der Waals surface area contributed by atoms with Crippen LogP contribution in [-0.4, -0.2) is 21.8 Å². The zero-order valence-corrected chi connectivity index (χ0v) is 15.6. The number of amides is 2. The average Bonchev–Trinajstić information content (AvgIpc) is 2.67. The number of carbonyl (C=O) groups is 2. The zero-order valence-electron chi connectivity index (χ0n) is 15.6. The molecule has 0 fully saturated rings. The Bertz CT molecular complexity index is 1060. The maximum absolute atomic E-state index is 13.8. The van der Waals surface area contributed by atoms with Gasteiger partial charge in [0.15, 0.2) is 0 Å². The lowest BCUT2D eigenvalue weighted by Crippen LogP contribution is -2.17. The number of hydrogen-bond donors (Lipinski definition) is 4. The van der Waals surface area contributed by atoms with E-state index in [4.69, 9.17) is 5.73 Å². The van der Waals surface area contributed by atoms with Crippen molar-refractivity contribution < 1.29 is 14.0 Å². The molecule has 2 aromatic carbocycles. The monoisotopic (exact) mass is 394 g/mol. The number of rotatable bonds is 7. The van der Waals surface area contributed by atoms with Gasteiger partial charge in [-0.2, -0.15) is 4.98 Å². The lowest BCUT2D eigenvalue weighted by molar-refractivity contribution is -0.114. The minimum absolute atomic E-state index is 0.0823. The van der Waals surface area contributed by atoms with Crippen LogP contribution in [0.15, 0.2) is 54.7 Å². The van der Waals surface area contributed by atoms with Gasteiger partial charge in [0.05, 0.1) is 5.56 Å². The van der Waals surface area contributed by atoms with E-state index in [0.29, 0.717) is 16.9 Å². The SMILES string of the molecule is CC(=O)Nc1cccc(Nc2ncc(C(N)=O)c(NCc3ccccc3F)n2)c1. The molecule has 3 rings (SSSR count). The molecule has 9 heteroatoms. The smallest absolute Gasteiger partial charge is 0.254 e. The maximum Gasteiger partial charge on any atom is 0.254 e. The molecule has 0 aliphatic rings. The Balaban J connectivity index is 1.82. The highest BCUT2D eigenvalue weighted by atomic mass is 19.1. The summed E-state index contributed by atoms with van der Waals surface area (Å²) in [5.74, 6) is -0.894. The van der Waals surface area contributed by atoms with Crippen LogP contribution in [0.25, 0.3) is 0 Å². The number of benzene rings is 2. The molecule has 0 bridgehead atoms. The second kappa shape index (κ2) is 8.79. The fourth-order valence-corrected chi connectivity index (χ4v) is 2.58. The summed E-state index contributed by atoms with van der Waals surface area (Å²) in [5.41, 5.74) is 7.12. The highest BCUT2D eigenvalue weighted by molar-refractivity contribution is 5.97. The van der Waals surface area contributed by atoms with E-state index in [-0.39, 0.29) is 35.6 Å². The predicted molar refractivity (Wildman–Crippen MR) is 108 cm³/mol. The molecule has 1 aromatic heterocycles. The summed E-state index contributed by atoms with van der Waals surface area (Å²) >= 11 is 0. The van der Waals surface area contributed by atoms with E-state index in [1.807, 2.05) is 0 Å². The van der Waals surface area contributed by atoms with Crippen molar-refractivity contribution in [3.8, 4) is 0 Å². The molecule has 0 atom stereocenters. The highest BCUT2D eigenvalue weighted by Crippen LogP contribution is 2.21. The lowest BCUT2D eigenvalue weighted by Gasteiger charge is -2.12. The Morgan fingerprint density at radius 1 is 1.10 bits per heavy atom. The van der Waals surface area contributed by atoms with Crippen molar-refractivity contribution in [3.63, 3.8) is 0 Å². The van der Waals surface area contributed by atoms with Crippen molar-refractivity contribution in [2.24, 2.45) is 5.73 Å². The fraction of sp³-hybridized carbons (Fsp3) is 0.100. The van der Waals surface area contributed by atoms with Gasteiger partial charge in [0, 0.05) is 36.6 Å². The van der Waals surface area contributed by atoms with Gasteiger partial charge in [-0.1, -0.05) is 24.3 Å². The Morgan fingerprint density at radius 2 is 1.86 bits per heavy atom. The van der Waals surface area contributed by atoms with Crippen molar-refractivity contribution in [2.75, 3.05) is 16.0 Å². The van der Waals surface area contributed by atoms with Gasteiger partial charge in [-0.15, -0.1) is 0 Å². The lowest BCUT2D eigenvalue weighted by atomic mass is 10.2. The molecule has 0 aliphatic carbocycles. The van der Waals surface area contributed by atoms with Gasteiger partial charge in [-0.05, 0) is 24.3 Å². The molecule has 1 heterocycles. The summed E-state index contributed by atoms with van der Waals surface area (Å²) in [6, 6.07) is 13.2. The number of primary amides is 1. The number of anilines is 4. The van der Waals surface area contributed by atoms with Gasteiger partial charge in [0.25, 0.3) is 5.91 Å². The molecule has 5 N–H and O–H groups in total. The first kappa shape index (κ1) is 19.7. The van der Waals surface area contributed by atoms with Crippen molar-refractivity contribution in [2.45, 2.75) is 13.5 Å². The molecule has 29 heavy (non-hydrogen) atoms. The Hall–Kier alpha value is -4.01. The third kappa shape index (κ3) is 5.25. The quantitative estimate of drug-likeness (QED) is 0.489. The number of nitrogens with zero attached hydrogens (tertiary/aromatic N) is 2. The summed E-state index contributed by atoms with van der Waals surface area (Å²) < 4.78 is 13.8. The topological polar surface area (TPSA) is 122 Å².